The summed E-state index contributed by atoms with van der Waals surface area (Å²) in [5.74, 6) is -0.0620. The topological polar surface area (TPSA) is 96.5 Å². The maximum absolute atomic E-state index is 12.7. The zero-order chi connectivity index (χ0) is 21.2. The first-order chi connectivity index (χ1) is 15.2. The number of aromatic nitrogens is 4. The number of thiophene rings is 1. The third-order valence-electron chi connectivity index (χ3n) is 5.05. The van der Waals surface area contributed by atoms with Crippen LogP contribution in [0.3, 0.4) is 0 Å². The van der Waals surface area contributed by atoms with Crippen molar-refractivity contribution >= 4 is 34.0 Å². The van der Waals surface area contributed by atoms with E-state index < -0.39 is 0 Å². The van der Waals surface area contributed by atoms with Gasteiger partial charge < -0.3 is 5.32 Å². The number of fused-ring (bicyclic) bond motifs is 3. The standard InChI is InChI=1S/C22H16N6OS2/c23-12-18-17-11-10-14-6-4-5-9-16(14)20(17)31-21(18)24-19(29)13-30-22-25-26-27-28(22)15-7-2-1-3-8-15/h1-9H,10-11,13H2,(H,24,29). The van der Waals surface area contributed by atoms with Crippen LogP contribution in [0.2, 0.25) is 0 Å². The number of hydrogen-bond donors (Lipinski definition) is 1. The molecule has 1 aliphatic carbocycles. The predicted molar refractivity (Wildman–Crippen MR) is 120 cm³/mol. The van der Waals surface area contributed by atoms with Crippen molar-refractivity contribution in [3.8, 4) is 22.2 Å². The Bertz CT molecular complexity index is 1310. The highest BCUT2D eigenvalue weighted by atomic mass is 32.2. The Morgan fingerprint density at radius 1 is 1.16 bits per heavy atom. The number of carbonyl (C=O) groups excluding carboxylic acids is 1. The zero-order valence-corrected chi connectivity index (χ0v) is 17.9. The summed E-state index contributed by atoms with van der Waals surface area (Å²) >= 11 is 2.72. The van der Waals surface area contributed by atoms with Gasteiger partial charge in [0.2, 0.25) is 11.1 Å². The van der Waals surface area contributed by atoms with Crippen LogP contribution in [-0.4, -0.2) is 31.9 Å². The fourth-order valence-corrected chi connectivity index (χ4v) is 5.61. The summed E-state index contributed by atoms with van der Waals surface area (Å²) < 4.78 is 1.60. The van der Waals surface area contributed by atoms with E-state index in [1.165, 1.54) is 28.7 Å². The second-order valence-electron chi connectivity index (χ2n) is 6.93. The van der Waals surface area contributed by atoms with Gasteiger partial charge in [-0.2, -0.15) is 9.94 Å². The molecule has 0 aliphatic heterocycles. The summed E-state index contributed by atoms with van der Waals surface area (Å²) in [5.41, 5.74) is 4.86. The van der Waals surface area contributed by atoms with Crippen LogP contribution in [-0.2, 0) is 17.6 Å². The van der Waals surface area contributed by atoms with Crippen LogP contribution in [0, 0.1) is 11.3 Å². The smallest absolute Gasteiger partial charge is 0.235 e. The van der Waals surface area contributed by atoms with Gasteiger partial charge in [0.25, 0.3) is 0 Å². The largest absolute Gasteiger partial charge is 0.316 e. The van der Waals surface area contributed by atoms with Crippen LogP contribution in [0.15, 0.2) is 59.8 Å². The molecular formula is C22H16N6OS2. The number of nitrogens with zero attached hydrogens (tertiary/aromatic N) is 5. The van der Waals surface area contributed by atoms with E-state index in [0.717, 1.165) is 34.5 Å². The predicted octanol–water partition coefficient (Wildman–Crippen LogP) is 4.09. The molecule has 0 saturated heterocycles. The summed E-state index contributed by atoms with van der Waals surface area (Å²) in [6.45, 7) is 0. The minimum absolute atomic E-state index is 0.136. The molecule has 0 saturated carbocycles. The fraction of sp³-hybridized carbons (Fsp3) is 0.136. The van der Waals surface area contributed by atoms with E-state index in [-0.39, 0.29) is 11.7 Å². The highest BCUT2D eigenvalue weighted by molar-refractivity contribution is 7.99. The molecule has 7 nitrogen and oxygen atoms in total. The molecule has 152 valence electrons. The molecule has 5 rings (SSSR count). The Labute approximate surface area is 186 Å². The van der Waals surface area contributed by atoms with Crippen LogP contribution < -0.4 is 5.32 Å². The van der Waals surface area contributed by atoms with Crippen LogP contribution in [0.1, 0.15) is 16.7 Å². The van der Waals surface area contributed by atoms with E-state index in [9.17, 15) is 10.1 Å². The lowest BCUT2D eigenvalue weighted by molar-refractivity contribution is -0.113. The van der Waals surface area contributed by atoms with Gasteiger partial charge in [-0.15, -0.1) is 16.4 Å². The minimum Gasteiger partial charge on any atom is -0.316 e. The number of para-hydroxylation sites is 1. The van der Waals surface area contributed by atoms with Crippen molar-refractivity contribution in [3.63, 3.8) is 0 Å². The molecule has 0 fully saturated rings. The van der Waals surface area contributed by atoms with Crippen molar-refractivity contribution in [2.24, 2.45) is 0 Å². The van der Waals surface area contributed by atoms with Gasteiger partial charge in [0.1, 0.15) is 11.1 Å². The molecule has 2 aromatic heterocycles. The number of hydrogen-bond acceptors (Lipinski definition) is 7. The van der Waals surface area contributed by atoms with Crippen LogP contribution in [0.25, 0.3) is 16.1 Å². The SMILES string of the molecule is N#Cc1c(NC(=O)CSc2nnnn2-c2ccccc2)sc2c1CCc1ccccc1-2. The number of amides is 1. The Morgan fingerprint density at radius 3 is 2.81 bits per heavy atom. The molecule has 0 radical (unpaired) electrons. The van der Waals surface area contributed by atoms with Crippen LogP contribution >= 0.6 is 23.1 Å². The van der Waals surface area contributed by atoms with E-state index in [1.807, 2.05) is 42.5 Å². The second-order valence-corrected chi connectivity index (χ2v) is 8.89. The first-order valence-corrected chi connectivity index (χ1v) is 11.5. The van der Waals surface area contributed by atoms with Crippen molar-refractivity contribution in [1.29, 1.82) is 5.26 Å². The van der Waals surface area contributed by atoms with Crippen molar-refractivity contribution in [2.45, 2.75) is 18.0 Å². The quantitative estimate of drug-likeness (QED) is 0.466. The number of aryl methyl sites for hydroxylation is 1. The number of tetrazole rings is 1. The van der Waals surface area contributed by atoms with Gasteiger partial charge >= 0.3 is 0 Å². The minimum atomic E-state index is -0.198. The molecule has 1 aliphatic rings. The van der Waals surface area contributed by atoms with E-state index in [2.05, 4.69) is 39.0 Å². The van der Waals surface area contributed by atoms with Crippen molar-refractivity contribution in [1.82, 2.24) is 20.2 Å². The number of benzene rings is 2. The molecule has 9 heteroatoms. The molecule has 1 N–H and O–H groups in total. The lowest BCUT2D eigenvalue weighted by atomic mass is 9.90. The lowest BCUT2D eigenvalue weighted by Crippen LogP contribution is -2.14. The number of rotatable bonds is 5. The molecular weight excluding hydrogens is 428 g/mol. The molecule has 2 aromatic carbocycles. The van der Waals surface area contributed by atoms with Gasteiger partial charge in [-0.05, 0) is 52.1 Å². The Morgan fingerprint density at radius 2 is 1.97 bits per heavy atom. The summed E-state index contributed by atoms with van der Waals surface area (Å²) in [7, 11) is 0. The molecule has 0 unspecified atom stereocenters. The average Bonchev–Trinajstić information content (AvgIpc) is 3.42. The van der Waals surface area contributed by atoms with Crippen molar-refractivity contribution in [2.75, 3.05) is 11.1 Å². The third-order valence-corrected chi connectivity index (χ3v) is 7.15. The average molecular weight is 445 g/mol. The second kappa shape index (κ2) is 8.34. The monoisotopic (exact) mass is 444 g/mol. The van der Waals surface area contributed by atoms with E-state index in [0.29, 0.717) is 15.7 Å². The zero-order valence-electron chi connectivity index (χ0n) is 16.3. The summed E-state index contributed by atoms with van der Waals surface area (Å²) in [4.78, 5) is 13.7. The van der Waals surface area contributed by atoms with Gasteiger partial charge in [0.15, 0.2) is 0 Å². The summed E-state index contributed by atoms with van der Waals surface area (Å²) in [6.07, 6.45) is 1.71. The first-order valence-electron chi connectivity index (χ1n) is 9.65. The Kier molecular flexibility index (Phi) is 5.24. The van der Waals surface area contributed by atoms with Gasteiger partial charge in [0, 0.05) is 4.88 Å². The summed E-state index contributed by atoms with van der Waals surface area (Å²) in [6, 6.07) is 20.0. The Hall–Kier alpha value is -3.48. The fourth-order valence-electron chi connectivity index (χ4n) is 3.64. The van der Waals surface area contributed by atoms with Crippen molar-refractivity contribution < 1.29 is 4.79 Å². The maximum Gasteiger partial charge on any atom is 0.235 e. The third kappa shape index (κ3) is 3.71. The molecule has 0 atom stereocenters. The van der Waals surface area contributed by atoms with Crippen LogP contribution in [0.4, 0.5) is 5.00 Å². The van der Waals surface area contributed by atoms with E-state index in [4.69, 9.17) is 0 Å². The molecule has 4 aromatic rings. The van der Waals surface area contributed by atoms with Crippen molar-refractivity contribution in [3.05, 3.63) is 71.3 Å². The van der Waals surface area contributed by atoms with Gasteiger partial charge in [-0.1, -0.05) is 54.2 Å². The molecule has 31 heavy (non-hydrogen) atoms. The van der Waals surface area contributed by atoms with Gasteiger partial charge in [0.05, 0.1) is 17.0 Å². The molecule has 0 bridgehead atoms. The Balaban J connectivity index is 1.33. The summed E-state index contributed by atoms with van der Waals surface area (Å²) in [5, 5.41) is 25.5. The van der Waals surface area contributed by atoms with Gasteiger partial charge in [-0.25, -0.2) is 0 Å². The number of nitrogens with one attached hydrogen (secondary N) is 1. The normalized spacial score (nSPS) is 12.0. The highest BCUT2D eigenvalue weighted by Crippen LogP contribution is 2.44. The van der Waals surface area contributed by atoms with Gasteiger partial charge in [-0.3, -0.25) is 4.79 Å². The molecule has 0 spiro atoms. The van der Waals surface area contributed by atoms with E-state index in [1.54, 1.807) is 4.68 Å². The number of carbonyl (C=O) groups is 1. The number of nitriles is 1. The van der Waals surface area contributed by atoms with E-state index >= 15 is 0 Å². The molecule has 1 amide bonds. The maximum atomic E-state index is 12.7. The molecule has 2 heterocycles. The highest BCUT2D eigenvalue weighted by Gasteiger charge is 2.25. The number of anilines is 1. The number of thioether (sulfide) groups is 1. The first kappa shape index (κ1) is 19.5. The lowest BCUT2D eigenvalue weighted by Gasteiger charge is -2.15. The van der Waals surface area contributed by atoms with Crippen LogP contribution in [0.5, 0.6) is 0 Å².